The van der Waals surface area contributed by atoms with Crippen molar-refractivity contribution < 1.29 is 13.9 Å². The van der Waals surface area contributed by atoms with E-state index in [1.165, 1.54) is 17.8 Å². The number of hydrogen-bond acceptors (Lipinski definition) is 5. The van der Waals surface area contributed by atoms with Gasteiger partial charge in [0.25, 0.3) is 0 Å². The van der Waals surface area contributed by atoms with Crippen molar-refractivity contribution in [1.82, 2.24) is 14.8 Å². The molecule has 0 aliphatic carbocycles. The molecule has 4 rings (SSSR count). The zero-order valence-corrected chi connectivity index (χ0v) is 15.5. The number of ether oxygens (including phenoxy) is 1. The predicted molar refractivity (Wildman–Crippen MR) is 101 cm³/mol. The molecule has 0 unspecified atom stereocenters. The number of nitrogens with zero attached hydrogens (tertiary/aromatic N) is 3. The van der Waals surface area contributed by atoms with Crippen LogP contribution in [-0.4, -0.2) is 32.1 Å². The minimum absolute atomic E-state index is 0.105. The smallest absolute Gasteiger partial charge is 0.319 e. The summed E-state index contributed by atoms with van der Waals surface area (Å²) in [6, 6.07) is 16.3. The van der Waals surface area contributed by atoms with Gasteiger partial charge in [0.15, 0.2) is 11.0 Å². The van der Waals surface area contributed by atoms with Crippen LogP contribution in [0.2, 0.25) is 0 Å². The summed E-state index contributed by atoms with van der Waals surface area (Å²) in [4.78, 5) is 12.0. The molecule has 7 heteroatoms. The van der Waals surface area contributed by atoms with Crippen molar-refractivity contribution in [3.8, 4) is 11.4 Å². The van der Waals surface area contributed by atoms with E-state index in [0.717, 1.165) is 5.56 Å². The minimum Gasteiger partial charge on any atom is -0.462 e. The molecule has 1 fully saturated rings. The highest BCUT2D eigenvalue weighted by Gasteiger charge is 2.34. The van der Waals surface area contributed by atoms with Crippen LogP contribution in [0.25, 0.3) is 11.4 Å². The second kappa shape index (κ2) is 7.52. The Morgan fingerprint density at radius 3 is 2.59 bits per heavy atom. The van der Waals surface area contributed by atoms with Gasteiger partial charge in [-0.15, -0.1) is 10.2 Å². The summed E-state index contributed by atoms with van der Waals surface area (Å²) >= 11 is 1.32. The quantitative estimate of drug-likeness (QED) is 0.625. The van der Waals surface area contributed by atoms with E-state index < -0.39 is 0 Å². The van der Waals surface area contributed by atoms with Gasteiger partial charge in [-0.25, -0.2) is 4.39 Å². The molecule has 27 heavy (non-hydrogen) atoms. The first-order valence-corrected chi connectivity index (χ1v) is 9.59. The zero-order chi connectivity index (χ0) is 18.8. The Labute approximate surface area is 160 Å². The summed E-state index contributed by atoms with van der Waals surface area (Å²) in [6.45, 7) is 2.36. The third-order valence-electron chi connectivity index (χ3n) is 4.39. The van der Waals surface area contributed by atoms with E-state index >= 15 is 0 Å². The van der Waals surface area contributed by atoms with Gasteiger partial charge in [0.2, 0.25) is 0 Å². The van der Waals surface area contributed by atoms with E-state index in [2.05, 4.69) is 10.2 Å². The van der Waals surface area contributed by atoms with E-state index in [1.54, 1.807) is 18.2 Å². The predicted octanol–water partition coefficient (Wildman–Crippen LogP) is 3.93. The number of hydrogen-bond donors (Lipinski definition) is 0. The molecule has 2 aromatic carbocycles. The summed E-state index contributed by atoms with van der Waals surface area (Å²) in [5, 5.41) is 8.73. The lowest BCUT2D eigenvalue weighted by atomic mass is 10.2. The maximum absolute atomic E-state index is 14.4. The van der Waals surface area contributed by atoms with E-state index in [9.17, 15) is 9.18 Å². The highest BCUT2D eigenvalue weighted by atomic mass is 32.2. The van der Waals surface area contributed by atoms with Gasteiger partial charge in [-0.05, 0) is 24.6 Å². The monoisotopic (exact) mass is 383 g/mol. The topological polar surface area (TPSA) is 57.0 Å². The first-order valence-electron chi connectivity index (χ1n) is 8.71. The molecule has 0 bridgehead atoms. The number of cyclic esters (lactones) is 1. The van der Waals surface area contributed by atoms with E-state index in [4.69, 9.17) is 4.74 Å². The molecule has 1 aliphatic heterocycles. The number of carbonyl (C=O) groups excluding carboxylic acids is 1. The summed E-state index contributed by atoms with van der Waals surface area (Å²) in [5.41, 5.74) is 1.43. The third kappa shape index (κ3) is 3.73. The van der Waals surface area contributed by atoms with Gasteiger partial charge in [-0.1, -0.05) is 54.2 Å². The molecule has 0 radical (unpaired) electrons. The van der Waals surface area contributed by atoms with Crippen molar-refractivity contribution in [3.05, 3.63) is 66.0 Å². The molecule has 3 aromatic rings. The van der Waals surface area contributed by atoms with Gasteiger partial charge in [0.05, 0.1) is 12.1 Å². The van der Waals surface area contributed by atoms with Crippen LogP contribution >= 0.6 is 11.8 Å². The second-order valence-electron chi connectivity index (χ2n) is 6.45. The molecule has 0 amide bonds. The number of esters is 1. The lowest BCUT2D eigenvalue weighted by Gasteiger charge is -2.12. The highest BCUT2D eigenvalue weighted by molar-refractivity contribution is 8.00. The average molecular weight is 383 g/mol. The Kier molecular flexibility index (Phi) is 4.94. The molecule has 138 valence electrons. The molecule has 0 N–H and O–H groups in total. The Morgan fingerprint density at radius 2 is 1.89 bits per heavy atom. The second-order valence-corrected chi connectivity index (χ2v) is 7.62. The lowest BCUT2D eigenvalue weighted by Crippen LogP contribution is -2.12. The van der Waals surface area contributed by atoms with Gasteiger partial charge in [0, 0.05) is 6.42 Å². The van der Waals surface area contributed by atoms with Crippen molar-refractivity contribution in [3.63, 3.8) is 0 Å². The molecule has 0 saturated carbocycles. The Hall–Kier alpha value is -2.67. The van der Waals surface area contributed by atoms with E-state index in [0.29, 0.717) is 29.5 Å². The Bertz CT molecular complexity index is 961. The molecular weight excluding hydrogens is 365 g/mol. The fourth-order valence-electron chi connectivity index (χ4n) is 3.07. The van der Waals surface area contributed by atoms with Gasteiger partial charge >= 0.3 is 5.97 Å². The lowest BCUT2D eigenvalue weighted by molar-refractivity contribution is -0.140. The molecule has 1 aromatic heterocycles. The van der Waals surface area contributed by atoms with Crippen molar-refractivity contribution >= 4 is 17.7 Å². The van der Waals surface area contributed by atoms with Gasteiger partial charge in [-0.2, -0.15) is 0 Å². The maximum atomic E-state index is 14.4. The normalized spacial score (nSPS) is 19.3. The van der Waals surface area contributed by atoms with Crippen molar-refractivity contribution in [2.24, 2.45) is 0 Å². The molecule has 1 saturated heterocycles. The van der Waals surface area contributed by atoms with Crippen LogP contribution in [0.15, 0.2) is 59.8 Å². The summed E-state index contributed by atoms with van der Waals surface area (Å²) in [7, 11) is 0. The van der Waals surface area contributed by atoms with Gasteiger partial charge in [0.1, 0.15) is 17.2 Å². The SMILES string of the molecule is C[C@@H]1C[C@H](Sc2nnc(-c3ccccc3F)n2Cc2ccccc2)C(=O)O1. The Balaban J connectivity index is 1.73. The Morgan fingerprint density at radius 1 is 1.15 bits per heavy atom. The van der Waals surface area contributed by atoms with Gasteiger partial charge < -0.3 is 4.74 Å². The van der Waals surface area contributed by atoms with Crippen molar-refractivity contribution in [2.45, 2.75) is 36.4 Å². The maximum Gasteiger partial charge on any atom is 0.319 e. The van der Waals surface area contributed by atoms with Crippen LogP contribution in [0.4, 0.5) is 4.39 Å². The number of thioether (sulfide) groups is 1. The fourth-order valence-corrected chi connectivity index (χ4v) is 4.21. The van der Waals surface area contributed by atoms with Crippen molar-refractivity contribution in [2.75, 3.05) is 0 Å². The number of carbonyl (C=O) groups is 1. The van der Waals surface area contributed by atoms with Crippen LogP contribution in [-0.2, 0) is 16.1 Å². The highest BCUT2D eigenvalue weighted by Crippen LogP contribution is 2.34. The molecule has 1 aliphatic rings. The van der Waals surface area contributed by atoms with Crippen LogP contribution in [0.3, 0.4) is 0 Å². The molecule has 2 atom stereocenters. The van der Waals surface area contributed by atoms with Crippen LogP contribution in [0.1, 0.15) is 18.9 Å². The molecule has 5 nitrogen and oxygen atoms in total. The zero-order valence-electron chi connectivity index (χ0n) is 14.7. The number of halogens is 1. The number of rotatable bonds is 5. The molecule has 2 heterocycles. The van der Waals surface area contributed by atoms with Gasteiger partial charge in [-0.3, -0.25) is 9.36 Å². The van der Waals surface area contributed by atoms with E-state index in [-0.39, 0.29) is 23.1 Å². The third-order valence-corrected chi connectivity index (χ3v) is 5.57. The molecule has 0 spiro atoms. The van der Waals surface area contributed by atoms with E-state index in [1.807, 2.05) is 41.8 Å². The van der Waals surface area contributed by atoms with Crippen LogP contribution in [0.5, 0.6) is 0 Å². The van der Waals surface area contributed by atoms with Crippen molar-refractivity contribution in [1.29, 1.82) is 0 Å². The largest absolute Gasteiger partial charge is 0.462 e. The summed E-state index contributed by atoms with van der Waals surface area (Å²) < 4.78 is 21.5. The van der Waals surface area contributed by atoms with Crippen LogP contribution in [0, 0.1) is 5.82 Å². The first-order chi connectivity index (χ1) is 13.1. The summed E-state index contributed by atoms with van der Waals surface area (Å²) in [6.07, 6.45) is 0.517. The summed E-state index contributed by atoms with van der Waals surface area (Å²) in [5.74, 6) is -0.155. The van der Waals surface area contributed by atoms with Crippen LogP contribution < -0.4 is 0 Å². The standard InChI is InChI=1S/C20H18FN3O2S/c1-13-11-17(19(25)26-13)27-20-23-22-18(15-9-5-6-10-16(15)21)24(20)12-14-7-3-2-4-8-14/h2-10,13,17H,11-12H2,1H3/t13-,17+/m1/s1. The number of aromatic nitrogens is 3. The average Bonchev–Trinajstić information content (AvgIpc) is 3.19. The first kappa shape index (κ1) is 17.7. The number of benzene rings is 2. The fraction of sp³-hybridized carbons (Fsp3) is 0.250. The molecular formula is C20H18FN3O2S. The minimum atomic E-state index is -0.357.